The van der Waals surface area contributed by atoms with Crippen molar-refractivity contribution in [3.05, 3.63) is 107 Å². The molecule has 0 unspecified atom stereocenters. The highest BCUT2D eigenvalue weighted by molar-refractivity contribution is 6.11. The molecule has 0 N–H and O–H groups in total. The minimum absolute atomic E-state index is 0.0985. The van der Waals surface area contributed by atoms with Crippen LogP contribution in [-0.2, 0) is 18.9 Å². The van der Waals surface area contributed by atoms with Crippen molar-refractivity contribution in [2.24, 2.45) is 7.05 Å². The van der Waals surface area contributed by atoms with Gasteiger partial charge >= 0.3 is 0 Å². The number of allylic oxidation sites excluding steroid dienone is 1. The van der Waals surface area contributed by atoms with Gasteiger partial charge in [-0.2, -0.15) is 5.10 Å². The van der Waals surface area contributed by atoms with Crippen molar-refractivity contribution in [2.45, 2.75) is 53.4 Å². The Kier molecular flexibility index (Phi) is 7.83. The average Bonchev–Trinajstić information content (AvgIpc) is 3.26. The third kappa shape index (κ3) is 5.27. The number of fused-ring (bicyclic) bond motifs is 3. The predicted molar refractivity (Wildman–Crippen MR) is 162 cm³/mol. The molecule has 0 amide bonds. The van der Waals surface area contributed by atoms with Crippen LogP contribution >= 0.6 is 0 Å². The average molecular weight is 500 g/mol. The van der Waals surface area contributed by atoms with Gasteiger partial charge in [-0.05, 0) is 68.1 Å². The molecule has 0 radical (unpaired) electrons. The summed E-state index contributed by atoms with van der Waals surface area (Å²) in [6.07, 6.45) is 2.95. The Bertz CT molecular complexity index is 1660. The van der Waals surface area contributed by atoms with Crippen LogP contribution in [0.1, 0.15) is 56.9 Å². The topological polar surface area (TPSA) is 30.7 Å². The van der Waals surface area contributed by atoms with Crippen molar-refractivity contribution < 1.29 is 0 Å². The zero-order valence-electron chi connectivity index (χ0n) is 23.7. The monoisotopic (exact) mass is 499 g/mol. The highest BCUT2D eigenvalue weighted by Crippen LogP contribution is 2.34. The summed E-state index contributed by atoms with van der Waals surface area (Å²) in [6, 6.07) is 23.2. The predicted octanol–water partition coefficient (Wildman–Crippen LogP) is 8.57. The van der Waals surface area contributed by atoms with Crippen molar-refractivity contribution in [1.82, 2.24) is 14.8 Å². The second-order valence-electron chi connectivity index (χ2n) is 10.4. The second-order valence-corrected chi connectivity index (χ2v) is 10.4. The minimum Gasteiger partial charge on any atom is -0.266 e. The molecule has 0 saturated carbocycles. The van der Waals surface area contributed by atoms with Gasteiger partial charge in [-0.1, -0.05) is 81.3 Å². The molecule has 0 aliphatic heterocycles. The van der Waals surface area contributed by atoms with Crippen molar-refractivity contribution in [2.75, 3.05) is 0 Å². The Balaban J connectivity index is 0.000000236. The number of hydrogen-bond acceptors (Lipinski definition) is 2. The summed E-state index contributed by atoms with van der Waals surface area (Å²) in [7, 11) is 1.98. The molecule has 38 heavy (non-hydrogen) atoms. The molecule has 0 saturated heterocycles. The van der Waals surface area contributed by atoms with E-state index in [1.807, 2.05) is 30.9 Å². The molecule has 0 atom stereocenters. The van der Waals surface area contributed by atoms with Crippen LogP contribution in [0.3, 0.4) is 0 Å². The molecule has 0 aliphatic carbocycles. The Morgan fingerprint density at radius 1 is 1.03 bits per heavy atom. The van der Waals surface area contributed by atoms with Gasteiger partial charge in [0.15, 0.2) is 0 Å². The standard InChI is InChI=1S/C23H21N3.C12H16/c1-5-7-16-8-10-18(11-9-16)23-22-19-12-15(3)17(6-2)13-20(19)24-14-21(22)26(4)25-23;1-10(2)12(3,4)11-8-6-5-7-9-11/h8-14H,6H2,1-4H3;5-9H,1H2,2-4H3. The van der Waals surface area contributed by atoms with Gasteiger partial charge in [0, 0.05) is 34.4 Å². The van der Waals surface area contributed by atoms with Crippen molar-refractivity contribution in [3.63, 3.8) is 0 Å². The molecular weight excluding hydrogens is 462 g/mol. The lowest BCUT2D eigenvalue weighted by atomic mass is 9.79. The lowest BCUT2D eigenvalue weighted by molar-refractivity contribution is 0.626. The normalized spacial score (nSPS) is 11.0. The summed E-state index contributed by atoms with van der Waals surface area (Å²) in [5, 5.41) is 7.13. The van der Waals surface area contributed by atoms with Gasteiger partial charge in [-0.15, -0.1) is 5.92 Å². The molecule has 0 fully saturated rings. The quantitative estimate of drug-likeness (QED) is 0.183. The number of pyridine rings is 1. The first-order valence-corrected chi connectivity index (χ1v) is 13.2. The number of nitrogens with zero attached hydrogens (tertiary/aromatic N) is 3. The number of benzene rings is 3. The highest BCUT2D eigenvalue weighted by atomic mass is 15.3. The molecule has 3 heteroatoms. The summed E-state index contributed by atoms with van der Waals surface area (Å²) in [5.41, 5.74) is 10.5. The molecule has 5 rings (SSSR count). The van der Waals surface area contributed by atoms with Gasteiger partial charge in [0.2, 0.25) is 0 Å². The SMILES string of the molecule is C=C(C)C(C)(C)c1ccccc1.CC#Cc1ccc(-c2nn(C)c3cnc4cc(CC)c(C)cc4c23)cc1. The van der Waals surface area contributed by atoms with Gasteiger partial charge in [0.1, 0.15) is 5.69 Å². The summed E-state index contributed by atoms with van der Waals surface area (Å²) in [5.74, 6) is 6.03. The van der Waals surface area contributed by atoms with E-state index in [0.717, 1.165) is 45.0 Å². The van der Waals surface area contributed by atoms with Crippen LogP contribution in [0, 0.1) is 18.8 Å². The lowest BCUT2D eigenvalue weighted by Crippen LogP contribution is -2.17. The maximum absolute atomic E-state index is 4.80. The first-order chi connectivity index (χ1) is 18.2. The molecule has 192 valence electrons. The first kappa shape index (κ1) is 26.9. The molecule has 0 aliphatic rings. The molecule has 0 spiro atoms. The van der Waals surface area contributed by atoms with Crippen LogP contribution in [0.4, 0.5) is 0 Å². The van der Waals surface area contributed by atoms with E-state index in [9.17, 15) is 0 Å². The van der Waals surface area contributed by atoms with E-state index in [1.165, 1.54) is 22.3 Å². The number of aryl methyl sites for hydroxylation is 3. The third-order valence-corrected chi connectivity index (χ3v) is 7.51. The molecular formula is C35H37N3. The van der Waals surface area contributed by atoms with Gasteiger partial charge < -0.3 is 0 Å². The van der Waals surface area contributed by atoms with E-state index in [2.05, 4.69) is 119 Å². The summed E-state index contributed by atoms with van der Waals surface area (Å²) in [4.78, 5) is 4.69. The van der Waals surface area contributed by atoms with Crippen LogP contribution in [0.25, 0.3) is 33.1 Å². The van der Waals surface area contributed by atoms with Gasteiger partial charge in [0.25, 0.3) is 0 Å². The van der Waals surface area contributed by atoms with Gasteiger partial charge in [-0.3, -0.25) is 9.67 Å². The van der Waals surface area contributed by atoms with Gasteiger partial charge in [-0.25, -0.2) is 0 Å². The van der Waals surface area contributed by atoms with Gasteiger partial charge in [0.05, 0.1) is 17.2 Å². The summed E-state index contributed by atoms with van der Waals surface area (Å²) in [6.45, 7) is 16.7. The molecule has 2 aromatic heterocycles. The van der Waals surface area contributed by atoms with Crippen LogP contribution in [-0.4, -0.2) is 14.8 Å². The first-order valence-electron chi connectivity index (χ1n) is 13.2. The van der Waals surface area contributed by atoms with Crippen molar-refractivity contribution in [3.8, 4) is 23.1 Å². The zero-order valence-corrected chi connectivity index (χ0v) is 23.7. The van der Waals surface area contributed by atoms with E-state index in [4.69, 9.17) is 5.10 Å². The summed E-state index contributed by atoms with van der Waals surface area (Å²) < 4.78 is 1.92. The Morgan fingerprint density at radius 3 is 2.32 bits per heavy atom. The van der Waals surface area contributed by atoms with Crippen molar-refractivity contribution >= 4 is 21.8 Å². The Labute approximate surface area is 227 Å². The van der Waals surface area contributed by atoms with E-state index >= 15 is 0 Å². The maximum Gasteiger partial charge on any atom is 0.101 e. The fraction of sp³-hybridized carbons (Fsp3) is 0.257. The smallest absolute Gasteiger partial charge is 0.101 e. The fourth-order valence-corrected chi connectivity index (χ4v) is 4.67. The minimum atomic E-state index is 0.0985. The van der Waals surface area contributed by atoms with Crippen LogP contribution in [0.5, 0.6) is 0 Å². The Hall–Kier alpha value is -4.16. The maximum atomic E-state index is 4.80. The van der Waals surface area contributed by atoms with Crippen LogP contribution in [0.2, 0.25) is 0 Å². The third-order valence-electron chi connectivity index (χ3n) is 7.51. The van der Waals surface area contributed by atoms with E-state index < -0.39 is 0 Å². The second kappa shape index (κ2) is 11.1. The largest absolute Gasteiger partial charge is 0.266 e. The molecule has 5 aromatic rings. The number of aromatic nitrogens is 3. The van der Waals surface area contributed by atoms with Crippen molar-refractivity contribution in [1.29, 1.82) is 0 Å². The molecule has 3 nitrogen and oxygen atoms in total. The van der Waals surface area contributed by atoms with E-state index in [-0.39, 0.29) is 5.41 Å². The number of rotatable bonds is 4. The molecule has 2 heterocycles. The van der Waals surface area contributed by atoms with Crippen LogP contribution in [0.15, 0.2) is 85.1 Å². The van der Waals surface area contributed by atoms with E-state index in [0.29, 0.717) is 0 Å². The number of hydrogen-bond donors (Lipinski definition) is 0. The molecule has 3 aromatic carbocycles. The van der Waals surface area contributed by atoms with Crippen LogP contribution < -0.4 is 0 Å². The zero-order chi connectivity index (χ0) is 27.4. The summed E-state index contributed by atoms with van der Waals surface area (Å²) >= 11 is 0. The molecule has 0 bridgehead atoms. The highest BCUT2D eigenvalue weighted by Gasteiger charge is 2.20. The Morgan fingerprint density at radius 2 is 1.71 bits per heavy atom. The lowest BCUT2D eigenvalue weighted by Gasteiger charge is -2.25. The fourth-order valence-electron chi connectivity index (χ4n) is 4.67. The van der Waals surface area contributed by atoms with E-state index in [1.54, 1.807) is 0 Å².